The largest absolute Gasteiger partial charge is 0.354 e. The Morgan fingerprint density at radius 2 is 2.59 bits per heavy atom. The van der Waals surface area contributed by atoms with E-state index in [2.05, 4.69) is 22.8 Å². The highest BCUT2D eigenvalue weighted by molar-refractivity contribution is 7.10. The number of nitrogens with zero attached hydrogens (tertiary/aromatic N) is 1. The van der Waals surface area contributed by atoms with Gasteiger partial charge < -0.3 is 5.32 Å². The molecule has 90 valence electrons. The summed E-state index contributed by atoms with van der Waals surface area (Å²) < 4.78 is 0. The maximum Gasteiger partial charge on any atom is 0.227 e. The van der Waals surface area contributed by atoms with E-state index < -0.39 is 0 Å². The van der Waals surface area contributed by atoms with Crippen molar-refractivity contribution in [1.29, 1.82) is 5.26 Å². The molecule has 0 aromatic carbocycles. The van der Waals surface area contributed by atoms with E-state index >= 15 is 0 Å². The Morgan fingerprint density at radius 1 is 1.76 bits per heavy atom. The minimum absolute atomic E-state index is 0.00380. The van der Waals surface area contributed by atoms with E-state index in [-0.39, 0.29) is 17.7 Å². The smallest absolute Gasteiger partial charge is 0.227 e. The molecule has 0 bridgehead atoms. The summed E-state index contributed by atoms with van der Waals surface area (Å²) in [5.74, 6) is -0.0492. The Kier molecular flexibility index (Phi) is 3.80. The molecule has 4 heteroatoms. The maximum absolute atomic E-state index is 12.1. The van der Waals surface area contributed by atoms with Crippen LogP contribution in [0.3, 0.4) is 0 Å². The SMILES string of the molecule is CC(C#N)CNC(=O)C1CCCc2sccc21. The topological polar surface area (TPSA) is 52.9 Å². The lowest BCUT2D eigenvalue weighted by atomic mass is 9.87. The van der Waals surface area contributed by atoms with Crippen LogP contribution in [-0.4, -0.2) is 12.5 Å². The number of carbonyl (C=O) groups is 1. The van der Waals surface area contributed by atoms with E-state index in [1.807, 2.05) is 6.92 Å². The van der Waals surface area contributed by atoms with Crippen LogP contribution >= 0.6 is 11.3 Å². The monoisotopic (exact) mass is 248 g/mol. The average Bonchev–Trinajstić information content (AvgIpc) is 2.83. The van der Waals surface area contributed by atoms with Gasteiger partial charge in [0.05, 0.1) is 17.9 Å². The van der Waals surface area contributed by atoms with Crippen molar-refractivity contribution in [3.05, 3.63) is 21.9 Å². The van der Waals surface area contributed by atoms with E-state index in [1.54, 1.807) is 11.3 Å². The number of carbonyl (C=O) groups excluding carboxylic acids is 1. The number of fused-ring (bicyclic) bond motifs is 1. The van der Waals surface area contributed by atoms with Gasteiger partial charge in [0.2, 0.25) is 5.91 Å². The third-order valence-corrected chi connectivity index (χ3v) is 4.17. The van der Waals surface area contributed by atoms with Crippen LogP contribution in [0.5, 0.6) is 0 Å². The quantitative estimate of drug-likeness (QED) is 0.893. The van der Waals surface area contributed by atoms with Crippen LogP contribution in [0.1, 0.15) is 36.1 Å². The van der Waals surface area contributed by atoms with Crippen molar-refractivity contribution < 1.29 is 4.79 Å². The molecular formula is C13H16N2OS. The van der Waals surface area contributed by atoms with Gasteiger partial charge in [-0.1, -0.05) is 0 Å². The van der Waals surface area contributed by atoms with Crippen molar-refractivity contribution in [1.82, 2.24) is 5.32 Å². The highest BCUT2D eigenvalue weighted by Gasteiger charge is 2.27. The highest BCUT2D eigenvalue weighted by Crippen LogP contribution is 2.34. The lowest BCUT2D eigenvalue weighted by Crippen LogP contribution is -2.33. The molecule has 1 aliphatic rings. The van der Waals surface area contributed by atoms with Gasteiger partial charge in [-0.3, -0.25) is 4.79 Å². The highest BCUT2D eigenvalue weighted by atomic mass is 32.1. The molecule has 2 unspecified atom stereocenters. The van der Waals surface area contributed by atoms with E-state index in [4.69, 9.17) is 5.26 Å². The van der Waals surface area contributed by atoms with Crippen LogP contribution in [0.4, 0.5) is 0 Å². The van der Waals surface area contributed by atoms with E-state index in [9.17, 15) is 4.79 Å². The fourth-order valence-electron chi connectivity index (χ4n) is 2.18. The van der Waals surface area contributed by atoms with Crippen LogP contribution in [-0.2, 0) is 11.2 Å². The van der Waals surface area contributed by atoms with Crippen molar-refractivity contribution >= 4 is 17.2 Å². The number of hydrogen-bond donors (Lipinski definition) is 1. The molecule has 1 heterocycles. The predicted octanol–water partition coefficient (Wildman–Crippen LogP) is 2.44. The summed E-state index contributed by atoms with van der Waals surface area (Å²) in [5.41, 5.74) is 1.20. The molecule has 1 N–H and O–H groups in total. The first-order chi connectivity index (χ1) is 8.22. The fraction of sp³-hybridized carbons (Fsp3) is 0.538. The Labute approximate surface area is 105 Å². The summed E-state index contributed by atoms with van der Waals surface area (Å²) >= 11 is 1.74. The fourth-order valence-corrected chi connectivity index (χ4v) is 3.17. The Hall–Kier alpha value is -1.34. The van der Waals surface area contributed by atoms with E-state index in [0.717, 1.165) is 19.3 Å². The molecular weight excluding hydrogens is 232 g/mol. The van der Waals surface area contributed by atoms with Gasteiger partial charge in [-0.05, 0) is 43.2 Å². The van der Waals surface area contributed by atoms with Gasteiger partial charge in [-0.25, -0.2) is 0 Å². The van der Waals surface area contributed by atoms with Gasteiger partial charge >= 0.3 is 0 Å². The zero-order valence-corrected chi connectivity index (χ0v) is 10.7. The van der Waals surface area contributed by atoms with Crippen LogP contribution in [0.25, 0.3) is 0 Å². The molecule has 0 radical (unpaired) electrons. The van der Waals surface area contributed by atoms with Crippen LogP contribution in [0.2, 0.25) is 0 Å². The van der Waals surface area contributed by atoms with Gasteiger partial charge in [0.25, 0.3) is 0 Å². The maximum atomic E-state index is 12.1. The first-order valence-electron chi connectivity index (χ1n) is 5.96. The van der Waals surface area contributed by atoms with Crippen LogP contribution < -0.4 is 5.32 Å². The van der Waals surface area contributed by atoms with Crippen molar-refractivity contribution in [3.63, 3.8) is 0 Å². The van der Waals surface area contributed by atoms with E-state index in [0.29, 0.717) is 6.54 Å². The van der Waals surface area contributed by atoms with Gasteiger partial charge in [0, 0.05) is 11.4 Å². The summed E-state index contributed by atoms with van der Waals surface area (Å²) in [7, 11) is 0. The Bertz CT molecular complexity index is 447. The molecule has 0 aliphatic heterocycles. The summed E-state index contributed by atoms with van der Waals surface area (Å²) in [6, 6.07) is 4.19. The number of hydrogen-bond acceptors (Lipinski definition) is 3. The van der Waals surface area contributed by atoms with Gasteiger partial charge in [0.1, 0.15) is 0 Å². The van der Waals surface area contributed by atoms with E-state index in [1.165, 1.54) is 10.4 Å². The molecule has 2 atom stereocenters. The molecule has 17 heavy (non-hydrogen) atoms. The molecule has 0 saturated heterocycles. The summed E-state index contributed by atoms with van der Waals surface area (Å²) in [4.78, 5) is 13.4. The minimum Gasteiger partial charge on any atom is -0.354 e. The van der Waals surface area contributed by atoms with Gasteiger partial charge in [0.15, 0.2) is 0 Å². The number of nitriles is 1. The molecule has 1 aromatic heterocycles. The standard InChI is InChI=1S/C13H16N2OS/c1-9(7-14)8-15-13(16)11-3-2-4-12-10(11)5-6-17-12/h5-6,9,11H,2-4,8H2,1H3,(H,15,16). The number of amides is 1. The first kappa shape index (κ1) is 12.1. The zero-order chi connectivity index (χ0) is 12.3. The van der Waals surface area contributed by atoms with Crippen molar-refractivity contribution in [2.24, 2.45) is 5.92 Å². The van der Waals surface area contributed by atoms with Gasteiger partial charge in [-0.15, -0.1) is 11.3 Å². The molecule has 0 spiro atoms. The molecule has 0 fully saturated rings. The number of rotatable bonds is 3. The average molecular weight is 248 g/mol. The number of thiophene rings is 1. The second-order valence-corrected chi connectivity index (χ2v) is 5.52. The molecule has 1 aromatic rings. The zero-order valence-electron chi connectivity index (χ0n) is 9.90. The van der Waals surface area contributed by atoms with Crippen molar-refractivity contribution in [2.75, 3.05) is 6.54 Å². The second kappa shape index (κ2) is 5.33. The summed E-state index contributed by atoms with van der Waals surface area (Å²) in [5, 5.41) is 13.6. The minimum atomic E-state index is -0.121. The van der Waals surface area contributed by atoms with Crippen molar-refractivity contribution in [2.45, 2.75) is 32.1 Å². The third-order valence-electron chi connectivity index (χ3n) is 3.17. The summed E-state index contributed by atoms with van der Waals surface area (Å²) in [6.45, 7) is 2.27. The normalized spacial score (nSPS) is 20.1. The first-order valence-corrected chi connectivity index (χ1v) is 6.84. The molecule has 1 amide bonds. The van der Waals surface area contributed by atoms with Crippen molar-refractivity contribution in [3.8, 4) is 6.07 Å². The predicted molar refractivity (Wildman–Crippen MR) is 67.8 cm³/mol. The lowest BCUT2D eigenvalue weighted by Gasteiger charge is -2.22. The number of aryl methyl sites for hydroxylation is 1. The summed E-state index contributed by atoms with van der Waals surface area (Å²) in [6.07, 6.45) is 3.11. The third kappa shape index (κ3) is 2.67. The second-order valence-electron chi connectivity index (χ2n) is 4.52. The molecule has 1 aliphatic carbocycles. The van der Waals surface area contributed by atoms with Crippen LogP contribution in [0, 0.1) is 17.2 Å². The Balaban J connectivity index is 2.00. The van der Waals surface area contributed by atoms with Crippen LogP contribution in [0.15, 0.2) is 11.4 Å². The Morgan fingerprint density at radius 3 is 3.35 bits per heavy atom. The number of nitrogens with one attached hydrogen (secondary N) is 1. The molecule has 3 nitrogen and oxygen atoms in total. The van der Waals surface area contributed by atoms with Gasteiger partial charge in [-0.2, -0.15) is 5.26 Å². The lowest BCUT2D eigenvalue weighted by molar-refractivity contribution is -0.122. The molecule has 2 rings (SSSR count). The molecule has 0 saturated carbocycles.